The van der Waals surface area contributed by atoms with E-state index in [0.29, 0.717) is 12.4 Å². The van der Waals surface area contributed by atoms with Gasteiger partial charge in [0.05, 0.1) is 18.8 Å². The summed E-state index contributed by atoms with van der Waals surface area (Å²) in [6.45, 7) is 0.357. The van der Waals surface area contributed by atoms with Crippen LogP contribution in [0.3, 0.4) is 0 Å². The molecule has 1 aromatic heterocycles. The maximum absolute atomic E-state index is 10.3. The lowest BCUT2D eigenvalue weighted by molar-refractivity contribution is -0.136. The molecule has 1 rings (SSSR count). The Labute approximate surface area is 86.8 Å². The van der Waals surface area contributed by atoms with Crippen molar-refractivity contribution in [2.45, 2.75) is 6.42 Å². The molecule has 1 N–H and O–H groups in total. The second kappa shape index (κ2) is 4.91. The van der Waals surface area contributed by atoms with Crippen LogP contribution in [-0.4, -0.2) is 34.6 Å². The van der Waals surface area contributed by atoms with Crippen molar-refractivity contribution in [1.82, 2.24) is 9.97 Å². The van der Waals surface area contributed by atoms with Crippen molar-refractivity contribution in [2.75, 3.05) is 18.5 Å². The molecule has 6 nitrogen and oxygen atoms in total. The van der Waals surface area contributed by atoms with Gasteiger partial charge in [0.2, 0.25) is 0 Å². The topological polar surface area (TPSA) is 90.1 Å². The summed E-state index contributed by atoms with van der Waals surface area (Å²) in [6.07, 6.45) is 2.84. The largest absolute Gasteiger partial charge is 0.481 e. The Balaban J connectivity index is 2.62. The molecular formula is C9H10N4O2. The number of aliphatic carboxylic acids is 1. The quantitative estimate of drug-likeness (QED) is 0.759. The summed E-state index contributed by atoms with van der Waals surface area (Å²) in [5, 5.41) is 17.0. The summed E-state index contributed by atoms with van der Waals surface area (Å²) in [6, 6.07) is 1.86. The normalized spacial score (nSPS) is 9.33. The molecule has 15 heavy (non-hydrogen) atoms. The Morgan fingerprint density at radius 1 is 1.60 bits per heavy atom. The van der Waals surface area contributed by atoms with Crippen LogP contribution >= 0.6 is 0 Å². The fourth-order valence-electron chi connectivity index (χ4n) is 0.954. The molecule has 0 aliphatic heterocycles. The van der Waals surface area contributed by atoms with Crippen molar-refractivity contribution in [3.8, 4) is 6.07 Å². The van der Waals surface area contributed by atoms with Crippen molar-refractivity contribution in [1.29, 1.82) is 5.26 Å². The molecule has 0 spiro atoms. The number of carboxylic acids is 1. The standard InChI is InChI=1S/C9H10N4O2/c1-13(3-2-9(14)15)8-6-11-7(4-10)5-12-8/h5-6H,2-3H2,1H3,(H,14,15). The summed E-state index contributed by atoms with van der Waals surface area (Å²) in [7, 11) is 1.72. The van der Waals surface area contributed by atoms with Gasteiger partial charge in [-0.1, -0.05) is 0 Å². The smallest absolute Gasteiger partial charge is 0.305 e. The first-order valence-electron chi connectivity index (χ1n) is 4.28. The van der Waals surface area contributed by atoms with Gasteiger partial charge in [-0.15, -0.1) is 0 Å². The third-order valence-corrected chi connectivity index (χ3v) is 1.80. The Morgan fingerprint density at radius 3 is 2.80 bits per heavy atom. The monoisotopic (exact) mass is 206 g/mol. The van der Waals surface area contributed by atoms with E-state index in [-0.39, 0.29) is 12.1 Å². The highest BCUT2D eigenvalue weighted by Crippen LogP contribution is 2.06. The SMILES string of the molecule is CN(CCC(=O)O)c1cnc(C#N)cn1. The number of aromatic nitrogens is 2. The van der Waals surface area contributed by atoms with E-state index in [4.69, 9.17) is 10.4 Å². The van der Waals surface area contributed by atoms with Gasteiger partial charge in [0.1, 0.15) is 11.9 Å². The molecule has 0 aliphatic rings. The van der Waals surface area contributed by atoms with Gasteiger partial charge in [-0.2, -0.15) is 5.26 Å². The van der Waals surface area contributed by atoms with Gasteiger partial charge >= 0.3 is 5.97 Å². The van der Waals surface area contributed by atoms with Crippen LogP contribution < -0.4 is 4.90 Å². The van der Waals surface area contributed by atoms with E-state index < -0.39 is 5.97 Å². The first kappa shape index (κ1) is 10.9. The van der Waals surface area contributed by atoms with Crippen LogP contribution in [0.1, 0.15) is 12.1 Å². The van der Waals surface area contributed by atoms with Crippen molar-refractivity contribution >= 4 is 11.8 Å². The van der Waals surface area contributed by atoms with E-state index in [9.17, 15) is 4.79 Å². The van der Waals surface area contributed by atoms with Crippen LogP contribution in [0.5, 0.6) is 0 Å². The third kappa shape index (κ3) is 3.23. The maximum Gasteiger partial charge on any atom is 0.305 e. The Hall–Kier alpha value is -2.16. The number of hydrogen-bond donors (Lipinski definition) is 1. The number of nitriles is 1. The average Bonchev–Trinajstić information content (AvgIpc) is 2.26. The van der Waals surface area contributed by atoms with Gasteiger partial charge in [0.25, 0.3) is 0 Å². The van der Waals surface area contributed by atoms with Crippen molar-refractivity contribution in [3.05, 3.63) is 18.1 Å². The minimum atomic E-state index is -0.858. The second-order valence-electron chi connectivity index (χ2n) is 2.94. The number of anilines is 1. The van der Waals surface area contributed by atoms with E-state index in [1.165, 1.54) is 12.4 Å². The highest BCUT2D eigenvalue weighted by Gasteiger charge is 2.05. The Morgan fingerprint density at radius 2 is 2.33 bits per heavy atom. The molecular weight excluding hydrogens is 196 g/mol. The number of carboxylic acid groups (broad SMARTS) is 1. The lowest BCUT2D eigenvalue weighted by Gasteiger charge is -2.15. The molecule has 0 fully saturated rings. The predicted molar refractivity (Wildman–Crippen MR) is 52.3 cm³/mol. The molecule has 0 atom stereocenters. The molecule has 0 saturated carbocycles. The van der Waals surface area contributed by atoms with Crippen LogP contribution in [0.15, 0.2) is 12.4 Å². The van der Waals surface area contributed by atoms with Gasteiger partial charge in [-0.25, -0.2) is 9.97 Å². The second-order valence-corrected chi connectivity index (χ2v) is 2.94. The number of nitrogens with zero attached hydrogens (tertiary/aromatic N) is 4. The summed E-state index contributed by atoms with van der Waals surface area (Å²) in [5.74, 6) is -0.307. The summed E-state index contributed by atoms with van der Waals surface area (Å²) < 4.78 is 0. The van der Waals surface area contributed by atoms with E-state index in [0.717, 1.165) is 0 Å². The minimum Gasteiger partial charge on any atom is -0.481 e. The van der Waals surface area contributed by atoms with Crippen molar-refractivity contribution < 1.29 is 9.90 Å². The molecule has 78 valence electrons. The van der Waals surface area contributed by atoms with Crippen LogP contribution in [0, 0.1) is 11.3 Å². The zero-order valence-corrected chi connectivity index (χ0v) is 8.21. The zero-order valence-electron chi connectivity index (χ0n) is 8.21. The molecule has 1 aromatic rings. The number of carbonyl (C=O) groups is 1. The molecule has 0 aliphatic carbocycles. The highest BCUT2D eigenvalue weighted by molar-refractivity contribution is 5.67. The lowest BCUT2D eigenvalue weighted by Crippen LogP contribution is -2.22. The van der Waals surface area contributed by atoms with Crippen LogP contribution in [0.25, 0.3) is 0 Å². The maximum atomic E-state index is 10.3. The van der Waals surface area contributed by atoms with Gasteiger partial charge < -0.3 is 10.0 Å². The van der Waals surface area contributed by atoms with E-state index >= 15 is 0 Å². The van der Waals surface area contributed by atoms with E-state index in [2.05, 4.69) is 9.97 Å². The molecule has 0 bridgehead atoms. The van der Waals surface area contributed by atoms with Gasteiger partial charge in [-0.3, -0.25) is 4.79 Å². The van der Waals surface area contributed by atoms with Crippen LogP contribution in [0.4, 0.5) is 5.82 Å². The van der Waals surface area contributed by atoms with Crippen molar-refractivity contribution in [2.24, 2.45) is 0 Å². The fourth-order valence-corrected chi connectivity index (χ4v) is 0.954. The van der Waals surface area contributed by atoms with Crippen molar-refractivity contribution in [3.63, 3.8) is 0 Å². The molecule has 1 heterocycles. The average molecular weight is 206 g/mol. The Bertz CT molecular complexity index is 382. The summed E-state index contributed by atoms with van der Waals surface area (Å²) >= 11 is 0. The molecule has 0 saturated heterocycles. The Kier molecular flexibility index (Phi) is 3.57. The first-order chi connectivity index (χ1) is 7.13. The van der Waals surface area contributed by atoms with Gasteiger partial charge in [0.15, 0.2) is 5.69 Å². The lowest BCUT2D eigenvalue weighted by atomic mass is 10.4. The first-order valence-corrected chi connectivity index (χ1v) is 4.28. The summed E-state index contributed by atoms with van der Waals surface area (Å²) in [4.78, 5) is 19.8. The minimum absolute atomic E-state index is 0.0399. The van der Waals surface area contributed by atoms with E-state index in [1.807, 2.05) is 6.07 Å². The summed E-state index contributed by atoms with van der Waals surface area (Å²) in [5.41, 5.74) is 0.241. The zero-order chi connectivity index (χ0) is 11.3. The van der Waals surface area contributed by atoms with Crippen LogP contribution in [-0.2, 0) is 4.79 Å². The van der Waals surface area contributed by atoms with Crippen LogP contribution in [0.2, 0.25) is 0 Å². The van der Waals surface area contributed by atoms with Gasteiger partial charge in [-0.05, 0) is 0 Å². The number of hydrogen-bond acceptors (Lipinski definition) is 5. The number of rotatable bonds is 4. The third-order valence-electron chi connectivity index (χ3n) is 1.80. The molecule has 0 unspecified atom stereocenters. The predicted octanol–water partition coefficient (Wildman–Crippen LogP) is 0.259. The molecule has 0 radical (unpaired) electrons. The molecule has 6 heteroatoms. The fraction of sp³-hybridized carbons (Fsp3) is 0.333. The highest BCUT2D eigenvalue weighted by atomic mass is 16.4. The molecule has 0 amide bonds. The molecule has 0 aromatic carbocycles. The van der Waals surface area contributed by atoms with Gasteiger partial charge in [0, 0.05) is 13.6 Å². The van der Waals surface area contributed by atoms with E-state index in [1.54, 1.807) is 11.9 Å².